The molecular formula is C11H12ClFINO2. The van der Waals surface area contributed by atoms with Crippen molar-refractivity contribution in [2.75, 3.05) is 13.7 Å². The van der Waals surface area contributed by atoms with E-state index in [1.807, 2.05) is 22.6 Å². The molecule has 94 valence electrons. The molecular weight excluding hydrogens is 359 g/mol. The number of carbonyl (C=O) groups is 1. The van der Waals surface area contributed by atoms with Crippen molar-refractivity contribution in [3.05, 3.63) is 34.6 Å². The molecule has 1 aromatic carbocycles. The summed E-state index contributed by atoms with van der Waals surface area (Å²) in [6.07, 6.45) is 0. The number of esters is 1. The van der Waals surface area contributed by atoms with Crippen LogP contribution in [0.1, 0.15) is 5.56 Å². The average molecular weight is 372 g/mol. The molecule has 0 spiro atoms. The summed E-state index contributed by atoms with van der Waals surface area (Å²) < 4.78 is 17.4. The molecule has 0 saturated carbocycles. The summed E-state index contributed by atoms with van der Waals surface area (Å²) in [4.78, 5) is 11.1. The van der Waals surface area contributed by atoms with Crippen LogP contribution in [0.2, 0.25) is 5.02 Å². The number of carbonyl (C=O) groups excluding carboxylic acids is 1. The molecule has 6 heteroatoms. The first-order chi connectivity index (χ1) is 8.06. The number of hydrogen-bond donors (Lipinski definition) is 1. The zero-order valence-corrected chi connectivity index (χ0v) is 12.1. The van der Waals surface area contributed by atoms with Gasteiger partial charge in [-0.05, 0) is 11.6 Å². The summed E-state index contributed by atoms with van der Waals surface area (Å²) in [5, 5.41) is 3.14. The normalized spacial score (nSPS) is 12.2. The van der Waals surface area contributed by atoms with Gasteiger partial charge >= 0.3 is 5.97 Å². The Kier molecular flexibility index (Phi) is 6.15. The Labute approximate surface area is 118 Å². The van der Waals surface area contributed by atoms with E-state index < -0.39 is 5.82 Å². The molecule has 1 rings (SSSR count). The van der Waals surface area contributed by atoms with Crippen LogP contribution in [0.5, 0.6) is 0 Å². The van der Waals surface area contributed by atoms with E-state index in [4.69, 9.17) is 11.6 Å². The largest absolute Gasteiger partial charge is 0.468 e. The van der Waals surface area contributed by atoms with Crippen molar-refractivity contribution >= 4 is 40.2 Å². The van der Waals surface area contributed by atoms with Crippen molar-refractivity contribution in [3.63, 3.8) is 0 Å². The summed E-state index contributed by atoms with van der Waals surface area (Å²) >= 11 is 7.77. The van der Waals surface area contributed by atoms with Gasteiger partial charge in [0.2, 0.25) is 0 Å². The highest BCUT2D eigenvalue weighted by Crippen LogP contribution is 2.19. The van der Waals surface area contributed by atoms with Gasteiger partial charge in [0.1, 0.15) is 9.74 Å². The SMILES string of the molecule is COC(=O)C(I)CNCc1cccc(F)c1Cl. The number of nitrogens with one attached hydrogen (secondary N) is 1. The monoisotopic (exact) mass is 371 g/mol. The number of halogens is 3. The minimum atomic E-state index is -0.440. The summed E-state index contributed by atoms with van der Waals surface area (Å²) in [5.74, 6) is -0.728. The minimum absolute atomic E-state index is 0.114. The molecule has 1 unspecified atom stereocenters. The fourth-order valence-corrected chi connectivity index (χ4v) is 1.99. The van der Waals surface area contributed by atoms with Crippen LogP contribution in [0.25, 0.3) is 0 Å². The predicted molar refractivity (Wildman–Crippen MR) is 72.9 cm³/mol. The number of methoxy groups -OCH3 is 1. The molecule has 0 saturated heterocycles. The zero-order valence-electron chi connectivity index (χ0n) is 9.17. The molecule has 17 heavy (non-hydrogen) atoms. The Hall–Kier alpha value is -0.400. The van der Waals surface area contributed by atoms with Crippen LogP contribution in [0, 0.1) is 5.82 Å². The zero-order chi connectivity index (χ0) is 12.8. The molecule has 0 amide bonds. The smallest absolute Gasteiger partial charge is 0.319 e. The number of hydrogen-bond acceptors (Lipinski definition) is 3. The van der Waals surface area contributed by atoms with E-state index in [2.05, 4.69) is 10.1 Å². The van der Waals surface area contributed by atoms with Crippen LogP contribution in [0.4, 0.5) is 4.39 Å². The van der Waals surface area contributed by atoms with Crippen molar-refractivity contribution in [2.45, 2.75) is 10.5 Å². The van der Waals surface area contributed by atoms with Gasteiger partial charge in [-0.3, -0.25) is 4.79 Å². The second-order valence-electron chi connectivity index (χ2n) is 3.33. The summed E-state index contributed by atoms with van der Waals surface area (Å²) in [6.45, 7) is 0.854. The number of ether oxygens (including phenoxy) is 1. The highest BCUT2D eigenvalue weighted by atomic mass is 127. The Balaban J connectivity index is 2.46. The average Bonchev–Trinajstić information content (AvgIpc) is 2.33. The third kappa shape index (κ3) is 4.40. The second kappa shape index (κ2) is 7.13. The van der Waals surface area contributed by atoms with Crippen molar-refractivity contribution in [3.8, 4) is 0 Å². The topological polar surface area (TPSA) is 38.3 Å². The maximum Gasteiger partial charge on any atom is 0.319 e. The molecule has 1 N–H and O–H groups in total. The lowest BCUT2D eigenvalue weighted by Gasteiger charge is -2.10. The van der Waals surface area contributed by atoms with Gasteiger partial charge in [-0.25, -0.2) is 4.39 Å². The van der Waals surface area contributed by atoms with E-state index in [-0.39, 0.29) is 14.9 Å². The molecule has 0 fully saturated rings. The van der Waals surface area contributed by atoms with E-state index in [1.165, 1.54) is 13.2 Å². The van der Waals surface area contributed by atoms with E-state index in [0.717, 1.165) is 0 Å². The van der Waals surface area contributed by atoms with Crippen LogP contribution in [0.3, 0.4) is 0 Å². The van der Waals surface area contributed by atoms with Crippen molar-refractivity contribution in [1.82, 2.24) is 5.32 Å². The number of alkyl halides is 1. The summed E-state index contributed by atoms with van der Waals surface area (Å²) in [7, 11) is 1.34. The first kappa shape index (κ1) is 14.7. The number of benzene rings is 1. The van der Waals surface area contributed by atoms with Gasteiger partial charge in [0.05, 0.1) is 12.1 Å². The first-order valence-electron chi connectivity index (χ1n) is 4.91. The Bertz CT molecular complexity index is 403. The van der Waals surface area contributed by atoms with Crippen molar-refractivity contribution in [2.24, 2.45) is 0 Å². The molecule has 1 atom stereocenters. The maximum atomic E-state index is 13.1. The highest BCUT2D eigenvalue weighted by Gasteiger charge is 2.14. The minimum Gasteiger partial charge on any atom is -0.468 e. The lowest BCUT2D eigenvalue weighted by Crippen LogP contribution is -2.29. The molecule has 3 nitrogen and oxygen atoms in total. The Morgan fingerprint density at radius 1 is 1.65 bits per heavy atom. The molecule has 0 aliphatic heterocycles. The third-order valence-electron chi connectivity index (χ3n) is 2.13. The molecule has 0 aliphatic carbocycles. The molecule has 0 radical (unpaired) electrons. The second-order valence-corrected chi connectivity index (χ2v) is 5.22. The quantitative estimate of drug-likeness (QED) is 0.491. The van der Waals surface area contributed by atoms with Crippen LogP contribution in [-0.4, -0.2) is 23.5 Å². The Morgan fingerprint density at radius 2 is 2.35 bits per heavy atom. The molecule has 0 heterocycles. The van der Waals surface area contributed by atoms with Crippen molar-refractivity contribution < 1.29 is 13.9 Å². The van der Waals surface area contributed by atoms with Gasteiger partial charge < -0.3 is 10.1 Å². The van der Waals surface area contributed by atoms with E-state index >= 15 is 0 Å². The van der Waals surface area contributed by atoms with Crippen LogP contribution in [0.15, 0.2) is 18.2 Å². The fourth-order valence-electron chi connectivity index (χ4n) is 1.23. The van der Waals surface area contributed by atoms with Gasteiger partial charge in [-0.2, -0.15) is 0 Å². The van der Waals surface area contributed by atoms with Gasteiger partial charge in [0, 0.05) is 13.1 Å². The number of rotatable bonds is 5. The van der Waals surface area contributed by atoms with E-state index in [9.17, 15) is 9.18 Å². The van der Waals surface area contributed by atoms with Crippen LogP contribution >= 0.6 is 34.2 Å². The van der Waals surface area contributed by atoms with Crippen LogP contribution < -0.4 is 5.32 Å². The first-order valence-corrected chi connectivity index (χ1v) is 6.54. The third-order valence-corrected chi connectivity index (χ3v) is 3.50. The Morgan fingerprint density at radius 3 is 3.00 bits per heavy atom. The molecule has 0 aliphatic rings. The fraction of sp³-hybridized carbons (Fsp3) is 0.364. The maximum absolute atomic E-state index is 13.1. The van der Waals surface area contributed by atoms with Gasteiger partial charge in [-0.1, -0.05) is 46.3 Å². The summed E-state index contributed by atoms with van der Waals surface area (Å²) in [5.41, 5.74) is 0.667. The van der Waals surface area contributed by atoms with Gasteiger partial charge in [-0.15, -0.1) is 0 Å². The van der Waals surface area contributed by atoms with E-state index in [0.29, 0.717) is 18.7 Å². The van der Waals surface area contributed by atoms with Crippen molar-refractivity contribution in [1.29, 1.82) is 0 Å². The lowest BCUT2D eigenvalue weighted by atomic mass is 10.2. The van der Waals surface area contributed by atoms with Crippen LogP contribution in [-0.2, 0) is 16.1 Å². The molecule has 0 aromatic heterocycles. The lowest BCUT2D eigenvalue weighted by molar-refractivity contribution is -0.139. The van der Waals surface area contributed by atoms with Gasteiger partial charge in [0.15, 0.2) is 0 Å². The van der Waals surface area contributed by atoms with Gasteiger partial charge in [0.25, 0.3) is 0 Å². The molecule has 1 aromatic rings. The standard InChI is InChI=1S/C11H12ClFINO2/c1-17-11(16)9(14)6-15-5-7-3-2-4-8(13)10(7)12/h2-4,9,15H,5-6H2,1H3. The predicted octanol–water partition coefficient (Wildman–Crippen LogP) is 2.55. The highest BCUT2D eigenvalue weighted by molar-refractivity contribution is 14.1. The molecule has 0 bridgehead atoms. The summed E-state index contributed by atoms with van der Waals surface area (Å²) in [6, 6.07) is 4.64. The van der Waals surface area contributed by atoms with E-state index in [1.54, 1.807) is 12.1 Å².